The molecule has 0 aliphatic carbocycles. The van der Waals surface area contributed by atoms with Crippen molar-refractivity contribution in [2.75, 3.05) is 32.7 Å². The molecular formula is C14H25N3O. The molecule has 1 amide bonds. The van der Waals surface area contributed by atoms with Crippen molar-refractivity contribution in [3.63, 3.8) is 0 Å². The lowest BCUT2D eigenvalue weighted by Gasteiger charge is -2.44. The van der Waals surface area contributed by atoms with E-state index in [9.17, 15) is 4.79 Å². The van der Waals surface area contributed by atoms with Crippen LogP contribution in [0, 0.1) is 5.92 Å². The number of rotatable bonds is 1. The lowest BCUT2D eigenvalue weighted by molar-refractivity contribution is -0.141. The zero-order chi connectivity index (χ0) is 12.5. The number of fused-ring (bicyclic) bond motifs is 1. The molecule has 2 unspecified atom stereocenters. The summed E-state index contributed by atoms with van der Waals surface area (Å²) in [5.74, 6) is 0.635. The molecule has 0 saturated carbocycles. The Hall–Kier alpha value is -0.610. The summed E-state index contributed by atoms with van der Waals surface area (Å²) >= 11 is 0. The van der Waals surface area contributed by atoms with E-state index in [1.54, 1.807) is 0 Å². The first-order valence-electron chi connectivity index (χ1n) is 7.51. The first-order chi connectivity index (χ1) is 8.75. The summed E-state index contributed by atoms with van der Waals surface area (Å²) in [6.07, 6.45) is 4.81. The number of piperidine rings is 1. The van der Waals surface area contributed by atoms with Crippen molar-refractivity contribution in [2.24, 2.45) is 5.92 Å². The van der Waals surface area contributed by atoms with Crippen molar-refractivity contribution < 1.29 is 4.79 Å². The van der Waals surface area contributed by atoms with Crippen molar-refractivity contribution >= 4 is 5.91 Å². The second kappa shape index (κ2) is 5.17. The Labute approximate surface area is 110 Å². The van der Waals surface area contributed by atoms with Gasteiger partial charge in [0.1, 0.15) is 0 Å². The fourth-order valence-corrected chi connectivity index (χ4v) is 3.79. The first-order valence-corrected chi connectivity index (χ1v) is 7.51. The van der Waals surface area contributed by atoms with E-state index in [2.05, 4.69) is 22.0 Å². The molecule has 0 aromatic heterocycles. The average Bonchev–Trinajstić information content (AvgIpc) is 2.85. The summed E-state index contributed by atoms with van der Waals surface area (Å²) in [5.41, 5.74) is 0. The minimum atomic E-state index is 0.231. The molecule has 3 saturated heterocycles. The molecule has 18 heavy (non-hydrogen) atoms. The van der Waals surface area contributed by atoms with Crippen molar-refractivity contribution in [3.05, 3.63) is 0 Å². The Morgan fingerprint density at radius 3 is 2.89 bits per heavy atom. The molecule has 102 valence electrons. The van der Waals surface area contributed by atoms with Crippen molar-refractivity contribution in [3.8, 4) is 0 Å². The maximum atomic E-state index is 12.6. The molecule has 3 fully saturated rings. The molecule has 0 bridgehead atoms. The summed E-state index contributed by atoms with van der Waals surface area (Å²) in [6, 6.07) is 1.04. The van der Waals surface area contributed by atoms with Crippen molar-refractivity contribution in [1.29, 1.82) is 0 Å². The van der Waals surface area contributed by atoms with Gasteiger partial charge in [0.2, 0.25) is 5.91 Å². The third-order valence-electron chi connectivity index (χ3n) is 4.87. The van der Waals surface area contributed by atoms with Crippen LogP contribution in [0.1, 0.15) is 32.6 Å². The number of carbonyl (C=O) groups excluding carboxylic acids is 1. The van der Waals surface area contributed by atoms with E-state index in [4.69, 9.17) is 0 Å². The Morgan fingerprint density at radius 2 is 2.11 bits per heavy atom. The molecule has 3 aliphatic heterocycles. The van der Waals surface area contributed by atoms with E-state index in [-0.39, 0.29) is 5.92 Å². The van der Waals surface area contributed by atoms with Crippen molar-refractivity contribution in [2.45, 2.75) is 44.7 Å². The number of nitrogens with zero attached hydrogens (tertiary/aromatic N) is 2. The predicted octanol–water partition coefficient (Wildman–Crippen LogP) is 0.681. The molecule has 3 atom stereocenters. The lowest BCUT2D eigenvalue weighted by atomic mass is 9.96. The fraction of sp³-hybridized carbons (Fsp3) is 0.929. The molecule has 1 N–H and O–H groups in total. The maximum absolute atomic E-state index is 12.6. The highest BCUT2D eigenvalue weighted by Crippen LogP contribution is 2.26. The van der Waals surface area contributed by atoms with Gasteiger partial charge in [-0.1, -0.05) is 0 Å². The van der Waals surface area contributed by atoms with Gasteiger partial charge in [0.15, 0.2) is 0 Å². The average molecular weight is 251 g/mol. The van der Waals surface area contributed by atoms with Gasteiger partial charge in [0.25, 0.3) is 0 Å². The highest BCUT2D eigenvalue weighted by molar-refractivity contribution is 5.79. The van der Waals surface area contributed by atoms with E-state index in [0.29, 0.717) is 18.0 Å². The van der Waals surface area contributed by atoms with Crippen LogP contribution in [0.4, 0.5) is 0 Å². The van der Waals surface area contributed by atoms with Crippen LogP contribution in [0.15, 0.2) is 0 Å². The number of hydrogen-bond donors (Lipinski definition) is 1. The molecule has 3 heterocycles. The molecule has 0 spiro atoms. The van der Waals surface area contributed by atoms with Crippen LogP contribution in [0.2, 0.25) is 0 Å². The van der Waals surface area contributed by atoms with Gasteiger partial charge in [-0.15, -0.1) is 0 Å². The Morgan fingerprint density at radius 1 is 1.22 bits per heavy atom. The van der Waals surface area contributed by atoms with Crippen LogP contribution < -0.4 is 5.32 Å². The van der Waals surface area contributed by atoms with Gasteiger partial charge in [-0.25, -0.2) is 0 Å². The van der Waals surface area contributed by atoms with Gasteiger partial charge in [-0.2, -0.15) is 0 Å². The number of amides is 1. The minimum absolute atomic E-state index is 0.231. The van der Waals surface area contributed by atoms with E-state index >= 15 is 0 Å². The molecule has 0 aromatic carbocycles. The minimum Gasteiger partial charge on any atom is -0.337 e. The molecule has 4 heteroatoms. The molecule has 3 aliphatic rings. The van der Waals surface area contributed by atoms with Gasteiger partial charge in [0, 0.05) is 31.7 Å². The van der Waals surface area contributed by atoms with E-state index in [0.717, 1.165) is 39.0 Å². The van der Waals surface area contributed by atoms with Gasteiger partial charge in [-0.05, 0) is 45.7 Å². The summed E-state index contributed by atoms with van der Waals surface area (Å²) in [7, 11) is 0. The van der Waals surface area contributed by atoms with Crippen LogP contribution in [-0.4, -0.2) is 60.5 Å². The number of nitrogens with one attached hydrogen (secondary N) is 1. The van der Waals surface area contributed by atoms with E-state index < -0.39 is 0 Å². The summed E-state index contributed by atoms with van der Waals surface area (Å²) in [4.78, 5) is 17.4. The number of carbonyl (C=O) groups is 1. The third kappa shape index (κ3) is 2.28. The zero-order valence-corrected chi connectivity index (χ0v) is 11.4. The van der Waals surface area contributed by atoms with Crippen LogP contribution in [0.5, 0.6) is 0 Å². The second-order valence-electron chi connectivity index (χ2n) is 6.17. The SMILES string of the molecule is CC1CN2CCCC2CN1C(=O)[C@H]1CCCNC1. The second-order valence-corrected chi connectivity index (χ2v) is 6.17. The number of piperazine rings is 1. The van der Waals surface area contributed by atoms with Crippen LogP contribution in [0.3, 0.4) is 0 Å². The monoisotopic (exact) mass is 251 g/mol. The highest BCUT2D eigenvalue weighted by Gasteiger charge is 2.38. The van der Waals surface area contributed by atoms with Crippen molar-refractivity contribution in [1.82, 2.24) is 15.1 Å². The topological polar surface area (TPSA) is 35.6 Å². The number of hydrogen-bond acceptors (Lipinski definition) is 3. The molecule has 3 rings (SSSR count). The summed E-state index contributed by atoms with van der Waals surface area (Å²) in [6.45, 7) is 7.46. The van der Waals surface area contributed by atoms with Gasteiger partial charge in [0.05, 0.1) is 5.92 Å². The molecular weight excluding hydrogens is 226 g/mol. The van der Waals surface area contributed by atoms with Gasteiger partial charge < -0.3 is 10.2 Å². The smallest absolute Gasteiger partial charge is 0.227 e. The predicted molar refractivity (Wildman–Crippen MR) is 71.4 cm³/mol. The Kier molecular flexibility index (Phi) is 3.57. The van der Waals surface area contributed by atoms with Gasteiger partial charge >= 0.3 is 0 Å². The lowest BCUT2D eigenvalue weighted by Crippen LogP contribution is -2.58. The van der Waals surface area contributed by atoms with E-state index in [1.807, 2.05) is 0 Å². The molecule has 0 aromatic rings. The highest BCUT2D eigenvalue weighted by atomic mass is 16.2. The Bertz CT molecular complexity index is 314. The van der Waals surface area contributed by atoms with Crippen LogP contribution >= 0.6 is 0 Å². The van der Waals surface area contributed by atoms with Crippen LogP contribution in [-0.2, 0) is 4.79 Å². The normalized spacial score (nSPS) is 37.6. The third-order valence-corrected chi connectivity index (χ3v) is 4.87. The first kappa shape index (κ1) is 12.4. The quantitative estimate of drug-likeness (QED) is 0.744. The fourth-order valence-electron chi connectivity index (χ4n) is 3.79. The Balaban J connectivity index is 1.65. The maximum Gasteiger partial charge on any atom is 0.227 e. The summed E-state index contributed by atoms with van der Waals surface area (Å²) < 4.78 is 0. The zero-order valence-electron chi connectivity index (χ0n) is 11.4. The van der Waals surface area contributed by atoms with E-state index in [1.165, 1.54) is 19.4 Å². The van der Waals surface area contributed by atoms with Crippen LogP contribution in [0.25, 0.3) is 0 Å². The largest absolute Gasteiger partial charge is 0.337 e. The standard InChI is InChI=1S/C14H25N3O/c1-11-9-16-7-3-5-13(16)10-17(11)14(18)12-4-2-6-15-8-12/h11-13,15H,2-10H2,1H3/t11?,12-,13?/m0/s1. The van der Waals surface area contributed by atoms with Gasteiger partial charge in [-0.3, -0.25) is 9.69 Å². The summed E-state index contributed by atoms with van der Waals surface area (Å²) in [5, 5.41) is 3.36. The molecule has 4 nitrogen and oxygen atoms in total. The molecule has 0 radical (unpaired) electrons.